The maximum absolute atomic E-state index is 12.5. The Hall–Kier alpha value is -2.42. The van der Waals surface area contributed by atoms with Gasteiger partial charge in [-0.2, -0.15) is 0 Å². The van der Waals surface area contributed by atoms with Crippen molar-refractivity contribution in [2.24, 2.45) is 5.92 Å². The van der Waals surface area contributed by atoms with Crippen LogP contribution in [0, 0.1) is 5.92 Å². The highest BCUT2D eigenvalue weighted by atomic mass is 16.2. The lowest BCUT2D eigenvalue weighted by atomic mass is 9.84. The summed E-state index contributed by atoms with van der Waals surface area (Å²) in [6, 6.07) is 16.7. The summed E-state index contributed by atoms with van der Waals surface area (Å²) >= 11 is 0. The van der Waals surface area contributed by atoms with Crippen LogP contribution in [-0.4, -0.2) is 11.7 Å². The van der Waals surface area contributed by atoms with Crippen molar-refractivity contribution in [2.45, 2.75) is 32.2 Å². The molecule has 1 amide bonds. The van der Waals surface area contributed by atoms with Gasteiger partial charge in [-0.15, -0.1) is 0 Å². The molecule has 0 heterocycles. The van der Waals surface area contributed by atoms with Crippen molar-refractivity contribution in [3.05, 3.63) is 71.3 Å². The van der Waals surface area contributed by atoms with E-state index in [4.69, 9.17) is 0 Å². The summed E-state index contributed by atoms with van der Waals surface area (Å²) in [6.07, 6.45) is 3.13. The average Bonchev–Trinajstić information content (AvgIpc) is 2.53. The number of nitrogens with one attached hydrogen (secondary N) is 1. The molecule has 0 saturated heterocycles. The smallest absolute Gasteiger partial charge is 0.223 e. The van der Waals surface area contributed by atoms with Crippen LogP contribution in [0.2, 0.25) is 0 Å². The van der Waals surface area contributed by atoms with Crippen molar-refractivity contribution >= 4 is 11.7 Å². The number of benzene rings is 2. The van der Waals surface area contributed by atoms with Gasteiger partial charge in [-0.25, -0.2) is 0 Å². The Morgan fingerprint density at radius 1 is 1.00 bits per heavy atom. The van der Waals surface area contributed by atoms with Gasteiger partial charge in [0.1, 0.15) is 0 Å². The van der Waals surface area contributed by atoms with Crippen LogP contribution in [0.15, 0.2) is 54.6 Å². The van der Waals surface area contributed by atoms with Crippen LogP contribution >= 0.6 is 0 Å². The third-order valence-electron chi connectivity index (χ3n) is 4.52. The number of hydrogen-bond acceptors (Lipinski definition) is 2. The molecular formula is C20H21NO2. The Bertz CT molecular complexity index is 705. The molecule has 1 N–H and O–H groups in total. The van der Waals surface area contributed by atoms with Crippen molar-refractivity contribution in [3.63, 3.8) is 0 Å². The average molecular weight is 307 g/mol. The molecule has 2 aromatic rings. The summed E-state index contributed by atoms with van der Waals surface area (Å²) in [5.41, 5.74) is 2.29. The molecule has 1 unspecified atom stereocenters. The number of carbonyl (C=O) groups is 2. The first kappa shape index (κ1) is 15.5. The molecule has 23 heavy (non-hydrogen) atoms. The molecule has 0 aromatic heterocycles. The van der Waals surface area contributed by atoms with E-state index >= 15 is 0 Å². The SMILES string of the molecule is CC(NC(=O)C1CCC1)c1cccc(C(=O)c2ccccc2)c1. The van der Waals surface area contributed by atoms with E-state index in [1.807, 2.05) is 61.5 Å². The molecule has 0 bridgehead atoms. The van der Waals surface area contributed by atoms with E-state index < -0.39 is 0 Å². The largest absolute Gasteiger partial charge is 0.349 e. The highest BCUT2D eigenvalue weighted by Gasteiger charge is 2.26. The van der Waals surface area contributed by atoms with Crippen molar-refractivity contribution < 1.29 is 9.59 Å². The second-order valence-electron chi connectivity index (χ2n) is 6.18. The predicted molar refractivity (Wildman–Crippen MR) is 90.2 cm³/mol. The van der Waals surface area contributed by atoms with Gasteiger partial charge >= 0.3 is 0 Å². The topological polar surface area (TPSA) is 46.2 Å². The first-order valence-electron chi connectivity index (χ1n) is 8.15. The van der Waals surface area contributed by atoms with Gasteiger partial charge < -0.3 is 5.32 Å². The molecule has 1 aliphatic rings. The fourth-order valence-corrected chi connectivity index (χ4v) is 2.79. The lowest BCUT2D eigenvalue weighted by molar-refractivity contribution is -0.128. The van der Waals surface area contributed by atoms with Crippen LogP contribution < -0.4 is 5.32 Å². The molecule has 118 valence electrons. The van der Waals surface area contributed by atoms with Crippen molar-refractivity contribution in [1.29, 1.82) is 0 Å². The summed E-state index contributed by atoms with van der Waals surface area (Å²) < 4.78 is 0. The van der Waals surface area contributed by atoms with Crippen molar-refractivity contribution in [1.82, 2.24) is 5.32 Å². The quantitative estimate of drug-likeness (QED) is 0.852. The summed E-state index contributed by atoms with van der Waals surface area (Å²) in [7, 11) is 0. The third kappa shape index (κ3) is 3.50. The molecule has 1 atom stereocenters. The normalized spacial score (nSPS) is 15.5. The van der Waals surface area contributed by atoms with E-state index in [0.29, 0.717) is 11.1 Å². The molecule has 1 fully saturated rings. The Kier molecular flexibility index (Phi) is 4.56. The maximum atomic E-state index is 12.5. The lowest BCUT2D eigenvalue weighted by Crippen LogP contribution is -2.36. The molecule has 2 aromatic carbocycles. The molecule has 3 nitrogen and oxygen atoms in total. The molecular weight excluding hydrogens is 286 g/mol. The number of carbonyl (C=O) groups excluding carboxylic acids is 2. The van der Waals surface area contributed by atoms with E-state index in [9.17, 15) is 9.59 Å². The number of hydrogen-bond donors (Lipinski definition) is 1. The Morgan fingerprint density at radius 3 is 2.35 bits per heavy atom. The van der Waals surface area contributed by atoms with Crippen LogP contribution in [0.4, 0.5) is 0 Å². The predicted octanol–water partition coefficient (Wildman–Crippen LogP) is 3.89. The van der Waals surface area contributed by atoms with Gasteiger partial charge in [0, 0.05) is 17.0 Å². The fraction of sp³-hybridized carbons (Fsp3) is 0.300. The zero-order chi connectivity index (χ0) is 16.2. The van der Waals surface area contributed by atoms with Crippen LogP contribution in [0.3, 0.4) is 0 Å². The van der Waals surface area contributed by atoms with Crippen molar-refractivity contribution in [3.8, 4) is 0 Å². The lowest BCUT2D eigenvalue weighted by Gasteiger charge is -2.26. The Balaban J connectivity index is 1.74. The van der Waals surface area contributed by atoms with E-state index in [2.05, 4.69) is 5.32 Å². The van der Waals surface area contributed by atoms with Crippen LogP contribution in [0.5, 0.6) is 0 Å². The summed E-state index contributed by atoms with van der Waals surface area (Å²) in [5.74, 6) is 0.306. The summed E-state index contributed by atoms with van der Waals surface area (Å²) in [6.45, 7) is 1.96. The second-order valence-corrected chi connectivity index (χ2v) is 6.18. The minimum absolute atomic E-state index is 0.00460. The molecule has 3 heteroatoms. The molecule has 0 spiro atoms. The van der Waals surface area contributed by atoms with Gasteiger partial charge in [0.15, 0.2) is 5.78 Å². The standard InChI is InChI=1S/C20H21NO2/c1-14(21-20(23)16-9-5-10-16)17-11-6-12-18(13-17)19(22)15-7-3-2-4-8-15/h2-4,6-8,11-14,16H,5,9-10H2,1H3,(H,21,23). The number of rotatable bonds is 5. The fourth-order valence-electron chi connectivity index (χ4n) is 2.79. The van der Waals surface area contributed by atoms with Gasteiger partial charge in [0.2, 0.25) is 5.91 Å². The maximum Gasteiger partial charge on any atom is 0.223 e. The highest BCUT2D eigenvalue weighted by Crippen LogP contribution is 2.27. The summed E-state index contributed by atoms with van der Waals surface area (Å²) in [5, 5.41) is 3.05. The van der Waals surface area contributed by atoms with Crippen LogP contribution in [0.1, 0.15) is 53.7 Å². The van der Waals surface area contributed by atoms with E-state index in [-0.39, 0.29) is 23.7 Å². The number of ketones is 1. The van der Waals surface area contributed by atoms with Gasteiger partial charge in [-0.3, -0.25) is 9.59 Å². The first-order valence-corrected chi connectivity index (χ1v) is 8.15. The van der Waals surface area contributed by atoms with E-state index in [1.165, 1.54) is 0 Å². The molecule has 1 saturated carbocycles. The first-order chi connectivity index (χ1) is 11.1. The van der Waals surface area contributed by atoms with Gasteiger partial charge in [0.25, 0.3) is 0 Å². The Morgan fingerprint density at radius 2 is 1.70 bits per heavy atom. The zero-order valence-corrected chi connectivity index (χ0v) is 13.3. The van der Waals surface area contributed by atoms with Crippen LogP contribution in [-0.2, 0) is 4.79 Å². The molecule has 0 radical (unpaired) electrons. The third-order valence-corrected chi connectivity index (χ3v) is 4.52. The zero-order valence-electron chi connectivity index (χ0n) is 13.3. The summed E-state index contributed by atoms with van der Waals surface area (Å²) in [4.78, 5) is 24.6. The van der Waals surface area contributed by atoms with E-state index in [1.54, 1.807) is 0 Å². The van der Waals surface area contributed by atoms with Crippen molar-refractivity contribution in [2.75, 3.05) is 0 Å². The van der Waals surface area contributed by atoms with Crippen LogP contribution in [0.25, 0.3) is 0 Å². The van der Waals surface area contributed by atoms with Gasteiger partial charge in [0.05, 0.1) is 6.04 Å². The van der Waals surface area contributed by atoms with E-state index in [0.717, 1.165) is 24.8 Å². The molecule has 0 aliphatic heterocycles. The Labute approximate surface area is 136 Å². The molecule has 3 rings (SSSR count). The van der Waals surface area contributed by atoms with Gasteiger partial charge in [-0.1, -0.05) is 55.0 Å². The monoisotopic (exact) mass is 307 g/mol. The minimum Gasteiger partial charge on any atom is -0.349 e. The van der Waals surface area contributed by atoms with Gasteiger partial charge in [-0.05, 0) is 31.4 Å². The minimum atomic E-state index is -0.0911. The second kappa shape index (κ2) is 6.78. The highest BCUT2D eigenvalue weighted by molar-refractivity contribution is 6.09. The number of amides is 1. The molecule has 1 aliphatic carbocycles.